The number of aromatic carboxylic acids is 1. The molecule has 3 N–H and O–H groups in total. The molecule has 0 radical (unpaired) electrons. The van der Waals surface area contributed by atoms with Crippen LogP contribution in [0.4, 0.5) is 11.5 Å². The molecule has 2 aromatic carbocycles. The number of rotatable bonds is 6. The molecule has 32 heavy (non-hydrogen) atoms. The van der Waals surface area contributed by atoms with Crippen LogP contribution in [0, 0.1) is 6.92 Å². The van der Waals surface area contributed by atoms with Crippen LogP contribution in [0.1, 0.15) is 32.0 Å². The quantitative estimate of drug-likeness (QED) is 0.370. The first-order valence-electron chi connectivity index (χ1n) is 9.49. The van der Waals surface area contributed by atoms with E-state index in [1.165, 1.54) is 35.0 Å². The number of carbonyl (C=O) groups is 2. The average Bonchev–Trinajstić information content (AvgIpc) is 3.20. The third-order valence-corrected chi connectivity index (χ3v) is 5.47. The number of carboxylic acids is 1. The molecule has 162 valence electrons. The minimum Gasteiger partial charge on any atom is -0.478 e. The number of fused-ring (bicyclic) bond motifs is 1. The molecule has 10 heteroatoms. The topological polar surface area (TPSA) is 109 Å². The number of hydrogen-bond acceptors (Lipinski definition) is 5. The van der Waals surface area contributed by atoms with Gasteiger partial charge in [-0.2, -0.15) is 0 Å². The maximum atomic E-state index is 12.8. The summed E-state index contributed by atoms with van der Waals surface area (Å²) in [5, 5.41) is 20.4. The van der Waals surface area contributed by atoms with Gasteiger partial charge >= 0.3 is 5.97 Å². The summed E-state index contributed by atoms with van der Waals surface area (Å²) in [4.78, 5) is 28.1. The molecule has 0 saturated carbocycles. The molecule has 0 aliphatic heterocycles. The van der Waals surface area contributed by atoms with E-state index in [9.17, 15) is 9.59 Å². The number of amides is 1. The van der Waals surface area contributed by atoms with Gasteiger partial charge in [0.25, 0.3) is 5.91 Å². The highest BCUT2D eigenvalue weighted by molar-refractivity contribution is 6.42. The van der Waals surface area contributed by atoms with Gasteiger partial charge < -0.3 is 15.7 Å². The first kappa shape index (κ1) is 21.6. The third-order valence-electron chi connectivity index (χ3n) is 4.73. The van der Waals surface area contributed by atoms with Crippen LogP contribution in [0.2, 0.25) is 10.0 Å². The fourth-order valence-corrected chi connectivity index (χ4v) is 3.42. The number of benzene rings is 2. The lowest BCUT2D eigenvalue weighted by Gasteiger charge is -2.10. The summed E-state index contributed by atoms with van der Waals surface area (Å²) in [6.07, 6.45) is 1.44. The van der Waals surface area contributed by atoms with Gasteiger partial charge in [-0.05, 0) is 60.5 Å². The van der Waals surface area contributed by atoms with Crippen LogP contribution in [0.3, 0.4) is 0 Å². The van der Waals surface area contributed by atoms with Gasteiger partial charge in [0, 0.05) is 12.2 Å². The first-order chi connectivity index (χ1) is 15.3. The molecule has 0 spiro atoms. The molecule has 2 heterocycles. The summed E-state index contributed by atoms with van der Waals surface area (Å²) in [5.41, 5.74) is 3.14. The highest BCUT2D eigenvalue weighted by Gasteiger charge is 2.16. The zero-order valence-electron chi connectivity index (χ0n) is 16.8. The average molecular weight is 470 g/mol. The smallest absolute Gasteiger partial charge is 0.335 e. The predicted molar refractivity (Wildman–Crippen MR) is 123 cm³/mol. The summed E-state index contributed by atoms with van der Waals surface area (Å²) in [5.74, 6) is -0.904. The Balaban J connectivity index is 1.56. The summed E-state index contributed by atoms with van der Waals surface area (Å²) in [7, 11) is 0. The number of carbonyl (C=O) groups excluding carboxylic acids is 1. The zero-order chi connectivity index (χ0) is 22.8. The number of carboxylic acid groups (broad SMARTS) is 1. The summed E-state index contributed by atoms with van der Waals surface area (Å²) >= 11 is 12.0. The van der Waals surface area contributed by atoms with Crippen LogP contribution >= 0.6 is 23.2 Å². The Morgan fingerprint density at radius 2 is 1.81 bits per heavy atom. The summed E-state index contributed by atoms with van der Waals surface area (Å²) in [6.45, 7) is 2.33. The van der Waals surface area contributed by atoms with Gasteiger partial charge in [0.05, 0.1) is 21.8 Å². The number of imidazole rings is 1. The fourth-order valence-electron chi connectivity index (χ4n) is 3.10. The van der Waals surface area contributed by atoms with E-state index >= 15 is 0 Å². The van der Waals surface area contributed by atoms with E-state index in [2.05, 4.69) is 20.7 Å². The lowest BCUT2D eigenvalue weighted by molar-refractivity contribution is 0.0696. The van der Waals surface area contributed by atoms with Gasteiger partial charge in [-0.15, -0.1) is 5.10 Å². The first-order valence-corrected chi connectivity index (χ1v) is 10.3. The van der Waals surface area contributed by atoms with E-state index in [1.54, 1.807) is 12.1 Å². The maximum Gasteiger partial charge on any atom is 0.335 e. The Bertz CT molecular complexity index is 1340. The molecule has 0 saturated heterocycles. The Hall–Kier alpha value is -3.62. The van der Waals surface area contributed by atoms with E-state index < -0.39 is 11.9 Å². The minimum atomic E-state index is -1.04. The SMILES string of the molecule is Cc1cc(NCc2ccc(Cl)c(Cl)c2)nn2c(C(=O)Nc3ccc(C(=O)O)cc3)cnc12. The number of hydrogen-bond donors (Lipinski definition) is 3. The van der Waals surface area contributed by atoms with Crippen molar-refractivity contribution < 1.29 is 14.7 Å². The molecule has 2 aromatic heterocycles. The molecule has 0 unspecified atom stereocenters. The monoisotopic (exact) mass is 469 g/mol. The van der Waals surface area contributed by atoms with Gasteiger partial charge in [-0.1, -0.05) is 29.3 Å². The third kappa shape index (κ3) is 4.51. The van der Waals surface area contributed by atoms with Crippen LogP contribution in [0.25, 0.3) is 5.65 Å². The maximum absolute atomic E-state index is 12.8. The Kier molecular flexibility index (Phi) is 5.98. The van der Waals surface area contributed by atoms with Crippen LogP contribution in [0.5, 0.6) is 0 Å². The van der Waals surface area contributed by atoms with E-state index in [1.807, 2.05) is 19.1 Å². The summed E-state index contributed by atoms with van der Waals surface area (Å²) < 4.78 is 1.47. The fraction of sp³-hybridized carbons (Fsp3) is 0.0909. The van der Waals surface area contributed by atoms with Crippen LogP contribution < -0.4 is 10.6 Å². The van der Waals surface area contributed by atoms with Crippen molar-refractivity contribution in [3.63, 3.8) is 0 Å². The molecule has 4 aromatic rings. The van der Waals surface area contributed by atoms with Gasteiger partial charge in [-0.3, -0.25) is 4.79 Å². The highest BCUT2D eigenvalue weighted by Crippen LogP contribution is 2.23. The predicted octanol–water partition coefficient (Wildman–Crippen LogP) is 4.91. The number of nitrogens with zero attached hydrogens (tertiary/aromatic N) is 3. The highest BCUT2D eigenvalue weighted by atomic mass is 35.5. The molecule has 8 nitrogen and oxygen atoms in total. The molecule has 4 rings (SSSR count). The second kappa shape index (κ2) is 8.86. The van der Waals surface area contributed by atoms with E-state index in [-0.39, 0.29) is 11.3 Å². The number of nitrogens with one attached hydrogen (secondary N) is 2. The molecule has 0 atom stereocenters. The summed E-state index contributed by atoms with van der Waals surface area (Å²) in [6, 6.07) is 13.1. The van der Waals surface area contributed by atoms with Gasteiger partial charge in [0.2, 0.25) is 0 Å². The zero-order valence-corrected chi connectivity index (χ0v) is 18.3. The second-order valence-electron chi connectivity index (χ2n) is 7.03. The van der Waals surface area contributed by atoms with E-state index in [0.717, 1.165) is 11.1 Å². The molecule has 1 amide bonds. The Morgan fingerprint density at radius 1 is 1.06 bits per heavy atom. The lowest BCUT2D eigenvalue weighted by Crippen LogP contribution is -2.16. The van der Waals surface area contributed by atoms with Crippen molar-refractivity contribution in [1.29, 1.82) is 0 Å². The van der Waals surface area contributed by atoms with Crippen molar-refractivity contribution in [1.82, 2.24) is 14.6 Å². The van der Waals surface area contributed by atoms with Crippen molar-refractivity contribution >= 4 is 52.2 Å². The van der Waals surface area contributed by atoms with Crippen LogP contribution in [-0.4, -0.2) is 31.6 Å². The van der Waals surface area contributed by atoms with Gasteiger partial charge in [-0.25, -0.2) is 14.3 Å². The van der Waals surface area contributed by atoms with Crippen LogP contribution in [0.15, 0.2) is 54.7 Å². The lowest BCUT2D eigenvalue weighted by atomic mass is 10.2. The van der Waals surface area contributed by atoms with Crippen molar-refractivity contribution in [3.8, 4) is 0 Å². The van der Waals surface area contributed by atoms with Gasteiger partial charge in [0.15, 0.2) is 11.3 Å². The van der Waals surface area contributed by atoms with Crippen molar-refractivity contribution in [2.75, 3.05) is 10.6 Å². The van der Waals surface area contributed by atoms with Crippen molar-refractivity contribution in [3.05, 3.63) is 87.2 Å². The second-order valence-corrected chi connectivity index (χ2v) is 7.84. The van der Waals surface area contributed by atoms with E-state index in [4.69, 9.17) is 28.3 Å². The molecule has 0 aliphatic rings. The van der Waals surface area contributed by atoms with Crippen molar-refractivity contribution in [2.45, 2.75) is 13.5 Å². The molecular formula is C22H17Cl2N5O3. The number of anilines is 2. The Morgan fingerprint density at radius 3 is 2.50 bits per heavy atom. The number of aromatic nitrogens is 3. The molecule has 0 bridgehead atoms. The number of halogens is 2. The largest absolute Gasteiger partial charge is 0.478 e. The number of aryl methyl sites for hydroxylation is 1. The van der Waals surface area contributed by atoms with E-state index in [0.29, 0.717) is 33.7 Å². The molecule has 0 aliphatic carbocycles. The van der Waals surface area contributed by atoms with Gasteiger partial charge in [0.1, 0.15) is 5.82 Å². The normalized spacial score (nSPS) is 10.8. The van der Waals surface area contributed by atoms with Crippen LogP contribution in [-0.2, 0) is 6.54 Å². The standard InChI is InChI=1S/C22H17Cl2N5O3/c1-12-8-19(25-10-13-2-7-16(23)17(24)9-13)28-29-18(11-26-20(12)29)21(30)27-15-5-3-14(4-6-15)22(31)32/h2-9,11H,10H2,1H3,(H,25,28)(H,27,30)(H,31,32). The Labute approximate surface area is 192 Å². The molecule has 0 fully saturated rings. The molecular weight excluding hydrogens is 453 g/mol. The minimum absolute atomic E-state index is 0.132. The van der Waals surface area contributed by atoms with Crippen molar-refractivity contribution in [2.24, 2.45) is 0 Å².